The molecule has 1 heterocycles. The summed E-state index contributed by atoms with van der Waals surface area (Å²) in [5.41, 5.74) is 5.66. The Bertz CT molecular complexity index is 862. The number of primary amides is 1. The molecule has 152 valence electrons. The van der Waals surface area contributed by atoms with Crippen LogP contribution in [0.5, 0.6) is 0 Å². The molecule has 1 saturated heterocycles. The standard InChI is InChI=1S/C18H24N4O5S/c19-18(25)20-10-12-5-7-15(8-6-12)28(26,27)21-17(24)13-9-16(23)22(11-13)14-3-1-2-4-14/h5-8,13-14H,1-4,9-11H2,(H,21,24)(H3,19,20,25). The highest BCUT2D eigenvalue weighted by Gasteiger charge is 2.39. The van der Waals surface area contributed by atoms with E-state index in [1.54, 1.807) is 4.90 Å². The minimum Gasteiger partial charge on any atom is -0.352 e. The Morgan fingerprint density at radius 1 is 1.14 bits per heavy atom. The van der Waals surface area contributed by atoms with E-state index in [-0.39, 0.29) is 36.4 Å². The number of likely N-dealkylation sites (tertiary alicyclic amines) is 1. The Labute approximate surface area is 163 Å². The molecule has 1 aliphatic heterocycles. The Kier molecular flexibility index (Phi) is 5.87. The molecule has 0 aromatic heterocycles. The van der Waals surface area contributed by atoms with E-state index < -0.39 is 27.9 Å². The monoisotopic (exact) mass is 408 g/mol. The fraction of sp³-hybridized carbons (Fsp3) is 0.500. The minimum atomic E-state index is -4.04. The van der Waals surface area contributed by atoms with Crippen LogP contribution in [0.2, 0.25) is 0 Å². The Morgan fingerprint density at radius 2 is 1.79 bits per heavy atom. The molecule has 1 unspecified atom stereocenters. The highest BCUT2D eigenvalue weighted by molar-refractivity contribution is 7.90. The summed E-state index contributed by atoms with van der Waals surface area (Å²) < 4.78 is 27.0. The zero-order valence-corrected chi connectivity index (χ0v) is 16.2. The molecule has 2 fully saturated rings. The van der Waals surface area contributed by atoms with Gasteiger partial charge in [0, 0.05) is 25.6 Å². The van der Waals surface area contributed by atoms with Crippen LogP contribution in [0.15, 0.2) is 29.2 Å². The first kappa shape index (κ1) is 20.1. The smallest absolute Gasteiger partial charge is 0.312 e. The van der Waals surface area contributed by atoms with Gasteiger partial charge in [0.15, 0.2) is 0 Å². The van der Waals surface area contributed by atoms with Gasteiger partial charge in [0.1, 0.15) is 0 Å². The predicted molar refractivity (Wildman–Crippen MR) is 100 cm³/mol. The van der Waals surface area contributed by atoms with E-state index in [0.717, 1.165) is 25.7 Å². The van der Waals surface area contributed by atoms with Gasteiger partial charge < -0.3 is 16.0 Å². The van der Waals surface area contributed by atoms with Gasteiger partial charge in [-0.1, -0.05) is 25.0 Å². The molecule has 4 amide bonds. The zero-order valence-electron chi connectivity index (χ0n) is 15.4. The summed E-state index contributed by atoms with van der Waals surface area (Å²) in [6, 6.07) is 5.23. The lowest BCUT2D eigenvalue weighted by atomic mass is 10.1. The predicted octanol–water partition coefficient (Wildman–Crippen LogP) is 0.451. The molecule has 1 aromatic carbocycles. The molecule has 9 nitrogen and oxygen atoms in total. The van der Waals surface area contributed by atoms with Gasteiger partial charge in [-0.15, -0.1) is 0 Å². The largest absolute Gasteiger partial charge is 0.352 e. The molecule has 0 spiro atoms. The number of nitrogens with zero attached hydrogens (tertiary/aromatic N) is 1. The van der Waals surface area contributed by atoms with Crippen molar-refractivity contribution in [2.24, 2.45) is 11.7 Å². The fourth-order valence-electron chi connectivity index (χ4n) is 3.73. The number of sulfonamides is 1. The fourth-order valence-corrected chi connectivity index (χ4v) is 4.77. The summed E-state index contributed by atoms with van der Waals surface area (Å²) in [5.74, 6) is -1.41. The lowest BCUT2D eigenvalue weighted by Gasteiger charge is -2.23. The van der Waals surface area contributed by atoms with Gasteiger partial charge >= 0.3 is 6.03 Å². The molecular formula is C18H24N4O5S. The molecule has 1 aromatic rings. The molecule has 1 saturated carbocycles. The van der Waals surface area contributed by atoms with Crippen molar-refractivity contribution in [1.82, 2.24) is 14.9 Å². The second-order valence-electron chi connectivity index (χ2n) is 7.22. The number of nitrogens with one attached hydrogen (secondary N) is 2. The molecule has 3 rings (SSSR count). The van der Waals surface area contributed by atoms with Crippen molar-refractivity contribution < 1.29 is 22.8 Å². The topological polar surface area (TPSA) is 139 Å². The summed E-state index contributed by atoms with van der Waals surface area (Å²) >= 11 is 0. The van der Waals surface area contributed by atoms with E-state index in [1.165, 1.54) is 24.3 Å². The summed E-state index contributed by atoms with van der Waals surface area (Å²) in [7, 11) is -4.04. The van der Waals surface area contributed by atoms with E-state index in [2.05, 4.69) is 10.0 Å². The maximum Gasteiger partial charge on any atom is 0.312 e. The molecule has 2 aliphatic rings. The molecular weight excluding hydrogens is 384 g/mol. The molecule has 1 aliphatic carbocycles. The number of nitrogens with two attached hydrogens (primary N) is 1. The molecule has 10 heteroatoms. The molecule has 4 N–H and O–H groups in total. The molecule has 0 bridgehead atoms. The van der Waals surface area contributed by atoms with Crippen molar-refractivity contribution in [1.29, 1.82) is 0 Å². The Morgan fingerprint density at radius 3 is 2.39 bits per heavy atom. The second kappa shape index (κ2) is 8.17. The van der Waals surface area contributed by atoms with E-state index in [9.17, 15) is 22.8 Å². The van der Waals surface area contributed by atoms with Crippen LogP contribution in [-0.4, -0.2) is 43.7 Å². The van der Waals surface area contributed by atoms with E-state index in [4.69, 9.17) is 5.73 Å². The molecule has 28 heavy (non-hydrogen) atoms. The summed E-state index contributed by atoms with van der Waals surface area (Å²) in [6.07, 6.45) is 4.07. The number of hydrogen-bond acceptors (Lipinski definition) is 5. The van der Waals surface area contributed by atoms with Crippen LogP contribution in [0.25, 0.3) is 0 Å². The van der Waals surface area contributed by atoms with Gasteiger partial charge in [-0.25, -0.2) is 17.9 Å². The number of benzene rings is 1. The summed E-state index contributed by atoms with van der Waals surface area (Å²) in [6.45, 7) is 0.436. The van der Waals surface area contributed by atoms with Crippen molar-refractivity contribution in [3.05, 3.63) is 29.8 Å². The number of carbonyl (C=O) groups is 3. The average molecular weight is 408 g/mol. The van der Waals surface area contributed by atoms with E-state index >= 15 is 0 Å². The maximum atomic E-state index is 12.5. The number of urea groups is 1. The van der Waals surface area contributed by atoms with E-state index in [0.29, 0.717) is 5.56 Å². The lowest BCUT2D eigenvalue weighted by Crippen LogP contribution is -2.38. The number of rotatable bonds is 6. The Balaban J connectivity index is 1.61. The highest BCUT2D eigenvalue weighted by atomic mass is 32.2. The quantitative estimate of drug-likeness (QED) is 0.627. The van der Waals surface area contributed by atoms with Gasteiger partial charge in [-0.3, -0.25) is 9.59 Å². The number of amides is 4. The van der Waals surface area contributed by atoms with Crippen LogP contribution >= 0.6 is 0 Å². The van der Waals surface area contributed by atoms with Crippen LogP contribution in [0.4, 0.5) is 4.79 Å². The van der Waals surface area contributed by atoms with Crippen LogP contribution < -0.4 is 15.8 Å². The van der Waals surface area contributed by atoms with Crippen LogP contribution in [0.1, 0.15) is 37.7 Å². The number of hydrogen-bond donors (Lipinski definition) is 3. The average Bonchev–Trinajstić information content (AvgIpc) is 3.29. The van der Waals surface area contributed by atoms with Gasteiger partial charge in [0.05, 0.1) is 10.8 Å². The van der Waals surface area contributed by atoms with Crippen molar-refractivity contribution in [2.75, 3.05) is 6.54 Å². The summed E-state index contributed by atoms with van der Waals surface area (Å²) in [4.78, 5) is 37.0. The van der Waals surface area contributed by atoms with E-state index in [1.807, 2.05) is 0 Å². The van der Waals surface area contributed by atoms with Crippen molar-refractivity contribution >= 4 is 27.9 Å². The van der Waals surface area contributed by atoms with Gasteiger partial charge in [0.25, 0.3) is 10.0 Å². The van der Waals surface area contributed by atoms with Crippen molar-refractivity contribution in [3.63, 3.8) is 0 Å². The van der Waals surface area contributed by atoms with Crippen molar-refractivity contribution in [2.45, 2.75) is 49.6 Å². The first-order valence-corrected chi connectivity index (χ1v) is 10.7. The lowest BCUT2D eigenvalue weighted by molar-refractivity contribution is -0.130. The molecule has 0 radical (unpaired) electrons. The van der Waals surface area contributed by atoms with Crippen LogP contribution in [0, 0.1) is 5.92 Å². The van der Waals surface area contributed by atoms with Crippen LogP contribution in [0.3, 0.4) is 0 Å². The highest BCUT2D eigenvalue weighted by Crippen LogP contribution is 2.29. The van der Waals surface area contributed by atoms with Gasteiger partial charge in [-0.2, -0.15) is 0 Å². The maximum absolute atomic E-state index is 12.5. The zero-order chi connectivity index (χ0) is 20.3. The van der Waals surface area contributed by atoms with Gasteiger partial charge in [0.2, 0.25) is 11.8 Å². The SMILES string of the molecule is NC(=O)NCc1ccc(S(=O)(=O)NC(=O)C2CC(=O)N(C3CCCC3)C2)cc1. The number of carbonyl (C=O) groups excluding carboxylic acids is 3. The third-order valence-corrected chi connectivity index (χ3v) is 6.59. The van der Waals surface area contributed by atoms with Gasteiger partial charge in [-0.05, 0) is 30.5 Å². The summed E-state index contributed by atoms with van der Waals surface area (Å²) in [5, 5.41) is 2.40. The third-order valence-electron chi connectivity index (χ3n) is 5.23. The Hall–Kier alpha value is -2.62. The molecule has 1 atom stereocenters. The minimum absolute atomic E-state index is 0.0373. The van der Waals surface area contributed by atoms with Crippen LogP contribution in [-0.2, 0) is 26.2 Å². The first-order valence-electron chi connectivity index (χ1n) is 9.24. The second-order valence-corrected chi connectivity index (χ2v) is 8.90. The third kappa shape index (κ3) is 4.61. The first-order chi connectivity index (χ1) is 13.3. The normalized spacial score (nSPS) is 20.4. The van der Waals surface area contributed by atoms with Crippen molar-refractivity contribution in [3.8, 4) is 0 Å².